The molecule has 0 atom stereocenters. The topological polar surface area (TPSA) is 38.7 Å². The fraction of sp³-hybridized carbons (Fsp3) is 0. The van der Waals surface area contributed by atoms with Crippen molar-refractivity contribution in [1.82, 2.24) is 15.0 Å². The molecule has 3 heterocycles. The van der Waals surface area contributed by atoms with Gasteiger partial charge in [-0.2, -0.15) is 0 Å². The minimum atomic E-state index is 0.637. The van der Waals surface area contributed by atoms with Crippen molar-refractivity contribution in [3.05, 3.63) is 212 Å². The van der Waals surface area contributed by atoms with E-state index in [0.29, 0.717) is 17.5 Å². The molecule has 5 heteroatoms. The summed E-state index contributed by atoms with van der Waals surface area (Å²) < 4.78 is 4.95. The third-order valence-corrected chi connectivity index (χ3v) is 14.0. The predicted octanol–water partition coefficient (Wildman–Crippen LogP) is 16.3. The van der Waals surface area contributed by atoms with Crippen molar-refractivity contribution in [3.8, 4) is 78.7 Å². The van der Waals surface area contributed by atoms with Crippen molar-refractivity contribution in [1.29, 1.82) is 0 Å². The van der Waals surface area contributed by atoms with Crippen LogP contribution in [0.4, 0.5) is 0 Å². The summed E-state index contributed by atoms with van der Waals surface area (Å²) in [6.45, 7) is 0. The Kier molecular flexibility index (Phi) is 8.87. The molecule has 0 fully saturated rings. The Morgan fingerprint density at radius 3 is 1.24 bits per heavy atom. The predicted molar refractivity (Wildman–Crippen MR) is 264 cm³/mol. The fourth-order valence-electron chi connectivity index (χ4n) is 8.63. The van der Waals surface area contributed by atoms with Gasteiger partial charge in [0, 0.05) is 57.0 Å². The van der Waals surface area contributed by atoms with E-state index in [4.69, 9.17) is 15.0 Å². The van der Waals surface area contributed by atoms with Crippen LogP contribution < -0.4 is 0 Å². The first kappa shape index (κ1) is 36.3. The molecule has 9 aromatic carbocycles. The Hall–Kier alpha value is -7.57. The Balaban J connectivity index is 1.01. The average molecular weight is 826 g/mol. The highest BCUT2D eigenvalue weighted by molar-refractivity contribution is 7.26. The molecular formula is C57H35N3S2. The maximum absolute atomic E-state index is 5.31. The number of thiophene rings is 2. The summed E-state index contributed by atoms with van der Waals surface area (Å²) in [6.07, 6.45) is 0. The van der Waals surface area contributed by atoms with Crippen LogP contribution in [0.5, 0.6) is 0 Å². The normalized spacial score (nSPS) is 11.5. The molecule has 0 aliphatic rings. The summed E-state index contributed by atoms with van der Waals surface area (Å²) in [5.41, 5.74) is 12.2. The van der Waals surface area contributed by atoms with Crippen LogP contribution in [0.1, 0.15) is 0 Å². The lowest BCUT2D eigenvalue weighted by molar-refractivity contribution is 1.08. The quantitative estimate of drug-likeness (QED) is 0.161. The molecule has 0 saturated heterocycles. The summed E-state index contributed by atoms with van der Waals surface area (Å²) >= 11 is 3.63. The monoisotopic (exact) mass is 825 g/mol. The van der Waals surface area contributed by atoms with E-state index in [0.717, 1.165) is 33.4 Å². The zero-order chi connectivity index (χ0) is 41.0. The number of hydrogen-bond donors (Lipinski definition) is 0. The van der Waals surface area contributed by atoms with E-state index in [1.807, 2.05) is 22.7 Å². The smallest absolute Gasteiger partial charge is 0.164 e. The van der Waals surface area contributed by atoms with E-state index in [9.17, 15) is 0 Å². The van der Waals surface area contributed by atoms with Crippen LogP contribution in [0.15, 0.2) is 212 Å². The van der Waals surface area contributed by atoms with E-state index in [2.05, 4.69) is 212 Å². The van der Waals surface area contributed by atoms with Crippen LogP contribution in [-0.4, -0.2) is 15.0 Å². The largest absolute Gasteiger partial charge is 0.208 e. The highest BCUT2D eigenvalue weighted by Gasteiger charge is 2.18. The molecule has 62 heavy (non-hydrogen) atoms. The number of hydrogen-bond acceptors (Lipinski definition) is 5. The molecule has 12 aromatic rings. The van der Waals surface area contributed by atoms with Gasteiger partial charge < -0.3 is 0 Å². The molecule has 0 aliphatic heterocycles. The number of benzene rings is 9. The lowest BCUT2D eigenvalue weighted by atomic mass is 9.95. The molecule has 0 N–H and O–H groups in total. The number of rotatable bonds is 7. The van der Waals surface area contributed by atoms with Gasteiger partial charge in [0.05, 0.1) is 0 Å². The van der Waals surface area contributed by atoms with Crippen LogP contribution >= 0.6 is 22.7 Å². The first-order valence-corrected chi connectivity index (χ1v) is 22.4. The Bertz CT molecular complexity index is 3630. The van der Waals surface area contributed by atoms with Crippen molar-refractivity contribution in [2.24, 2.45) is 0 Å². The van der Waals surface area contributed by atoms with Crippen LogP contribution in [-0.2, 0) is 0 Å². The zero-order valence-corrected chi connectivity index (χ0v) is 35.0. The lowest BCUT2D eigenvalue weighted by Gasteiger charge is -2.13. The van der Waals surface area contributed by atoms with Crippen LogP contribution in [0.2, 0.25) is 0 Å². The third kappa shape index (κ3) is 6.56. The standard InChI is InChI=1S/C57H35N3S2/c1-4-13-36(14-5-1)39-19-12-20-42(31-39)45-21-10-11-22-48(45)57-59-55(43-26-30-52-50(33-43)46-27-23-41(34-53(46)61-52)38-17-8-3-9-18-38)58-56(60-57)44-24-28-47-49-32-40(37-15-6-2-7-16-37)25-29-51(49)62-54(47)35-44/h1-35H. The Labute approximate surface area is 366 Å². The third-order valence-electron chi connectivity index (χ3n) is 11.8. The lowest BCUT2D eigenvalue weighted by Crippen LogP contribution is -2.01. The maximum Gasteiger partial charge on any atom is 0.164 e. The molecule has 290 valence electrons. The summed E-state index contributed by atoms with van der Waals surface area (Å²) in [5, 5.41) is 4.92. The molecule has 0 aliphatic carbocycles. The highest BCUT2D eigenvalue weighted by atomic mass is 32.1. The molecule has 0 radical (unpaired) electrons. The minimum Gasteiger partial charge on any atom is -0.208 e. The van der Waals surface area contributed by atoms with Gasteiger partial charge in [-0.05, 0) is 93.0 Å². The molecule has 3 nitrogen and oxygen atoms in total. The number of fused-ring (bicyclic) bond motifs is 6. The second kappa shape index (κ2) is 15.2. The van der Waals surface area contributed by atoms with Gasteiger partial charge >= 0.3 is 0 Å². The molecule has 0 unspecified atom stereocenters. The van der Waals surface area contributed by atoms with Crippen molar-refractivity contribution in [3.63, 3.8) is 0 Å². The highest BCUT2D eigenvalue weighted by Crippen LogP contribution is 2.41. The van der Waals surface area contributed by atoms with Gasteiger partial charge in [-0.1, -0.05) is 164 Å². The fourth-order valence-corrected chi connectivity index (χ4v) is 10.9. The first-order chi connectivity index (χ1) is 30.7. The average Bonchev–Trinajstić information content (AvgIpc) is 3.91. The first-order valence-electron chi connectivity index (χ1n) is 20.7. The molecule has 0 spiro atoms. The van der Waals surface area contributed by atoms with E-state index in [1.54, 1.807) is 0 Å². The van der Waals surface area contributed by atoms with Gasteiger partial charge in [-0.25, -0.2) is 15.0 Å². The molecular weight excluding hydrogens is 791 g/mol. The van der Waals surface area contributed by atoms with Crippen LogP contribution in [0.25, 0.3) is 119 Å². The molecule has 3 aromatic heterocycles. The SMILES string of the molecule is c1ccc(-c2cccc(-c3ccccc3-c3nc(-c4ccc5c(c4)sc4ccc(-c6ccccc6)cc45)nc(-c4ccc5sc6cc(-c7ccccc7)ccc6c5c4)n3)c2)cc1. The van der Waals surface area contributed by atoms with E-state index >= 15 is 0 Å². The van der Waals surface area contributed by atoms with Gasteiger partial charge in [-0.15, -0.1) is 22.7 Å². The van der Waals surface area contributed by atoms with Crippen molar-refractivity contribution < 1.29 is 0 Å². The summed E-state index contributed by atoms with van der Waals surface area (Å²) in [4.78, 5) is 15.9. The van der Waals surface area contributed by atoms with Crippen molar-refractivity contribution in [2.75, 3.05) is 0 Å². The van der Waals surface area contributed by atoms with E-state index in [1.165, 1.54) is 68.2 Å². The van der Waals surface area contributed by atoms with Gasteiger partial charge in [0.15, 0.2) is 17.5 Å². The van der Waals surface area contributed by atoms with E-state index in [-0.39, 0.29) is 0 Å². The molecule has 0 bridgehead atoms. The zero-order valence-electron chi connectivity index (χ0n) is 33.4. The van der Waals surface area contributed by atoms with Gasteiger partial charge in [0.2, 0.25) is 0 Å². The maximum atomic E-state index is 5.31. The van der Waals surface area contributed by atoms with Gasteiger partial charge in [0.25, 0.3) is 0 Å². The van der Waals surface area contributed by atoms with Crippen LogP contribution in [0.3, 0.4) is 0 Å². The molecule has 0 amide bonds. The van der Waals surface area contributed by atoms with E-state index < -0.39 is 0 Å². The van der Waals surface area contributed by atoms with Crippen molar-refractivity contribution >= 4 is 63.0 Å². The Morgan fingerprint density at radius 2 is 0.629 bits per heavy atom. The summed E-state index contributed by atoms with van der Waals surface area (Å²) in [5.74, 6) is 1.92. The van der Waals surface area contributed by atoms with Crippen molar-refractivity contribution in [2.45, 2.75) is 0 Å². The second-order valence-electron chi connectivity index (χ2n) is 15.6. The summed E-state index contributed by atoms with van der Waals surface area (Å²) in [6, 6.07) is 75.8. The van der Waals surface area contributed by atoms with Crippen LogP contribution in [0, 0.1) is 0 Å². The molecule has 0 saturated carbocycles. The summed E-state index contributed by atoms with van der Waals surface area (Å²) in [7, 11) is 0. The second-order valence-corrected chi connectivity index (χ2v) is 17.7. The Morgan fingerprint density at radius 1 is 0.226 bits per heavy atom. The number of nitrogens with zero attached hydrogens (tertiary/aromatic N) is 3. The number of aromatic nitrogens is 3. The minimum absolute atomic E-state index is 0.637. The van der Waals surface area contributed by atoms with Gasteiger partial charge in [-0.3, -0.25) is 0 Å². The van der Waals surface area contributed by atoms with Gasteiger partial charge in [0.1, 0.15) is 0 Å². The molecule has 12 rings (SSSR count).